The highest BCUT2D eigenvalue weighted by Crippen LogP contribution is 2.41. The zero-order chi connectivity index (χ0) is 36.3. The average molecular weight is 708 g/mol. The van der Waals surface area contributed by atoms with Crippen molar-refractivity contribution in [3.63, 3.8) is 0 Å². The minimum absolute atomic E-state index is 0.0149. The molecule has 0 radical (unpaired) electrons. The Morgan fingerprint density at radius 1 is 0.820 bits per heavy atom. The van der Waals surface area contributed by atoms with Crippen molar-refractivity contribution in [2.75, 3.05) is 0 Å². The molecular formula is C43H69NO5Si. The van der Waals surface area contributed by atoms with Crippen molar-refractivity contribution in [2.45, 2.75) is 167 Å². The lowest BCUT2D eigenvalue weighted by Gasteiger charge is -2.42. The van der Waals surface area contributed by atoms with Crippen LogP contribution in [-0.2, 0) is 27.0 Å². The van der Waals surface area contributed by atoms with E-state index in [2.05, 4.69) is 89.4 Å². The van der Waals surface area contributed by atoms with Gasteiger partial charge in [-0.05, 0) is 72.7 Å². The molecule has 7 heteroatoms. The molecule has 6 atom stereocenters. The molecule has 2 aromatic rings. The standard InChI is InChI=1S/C43H69NO5Si/c1-31(2)25-38(45)41(46)37(27-32-17-11-8-12-18-32)44-42(47)36(26-34-23-24-34)29-40(49-50(6,7)43(3,4)5)39(28-33-19-13-9-14-20-33)48-30-35-21-15-10-16-22-35/h9-10,13-16,19-22,31-32,34,36-41,45-46H,8,11-12,17-18,23-30H2,1-7H3,(H,44,47)/t36-,37+,38+,39+,40+,41-/m1/s1. The highest BCUT2D eigenvalue weighted by atomic mass is 28.4. The van der Waals surface area contributed by atoms with E-state index in [0.717, 1.165) is 37.7 Å². The van der Waals surface area contributed by atoms with Gasteiger partial charge in [0, 0.05) is 12.3 Å². The number of ether oxygens (including phenoxy) is 1. The maximum absolute atomic E-state index is 14.6. The summed E-state index contributed by atoms with van der Waals surface area (Å²) in [5.74, 6) is 0.940. The molecule has 50 heavy (non-hydrogen) atoms. The number of hydrogen-bond acceptors (Lipinski definition) is 5. The van der Waals surface area contributed by atoms with Crippen molar-refractivity contribution in [3.8, 4) is 0 Å². The van der Waals surface area contributed by atoms with Gasteiger partial charge < -0.3 is 24.7 Å². The molecule has 2 aromatic carbocycles. The lowest BCUT2D eigenvalue weighted by atomic mass is 9.82. The third kappa shape index (κ3) is 13.2. The van der Waals surface area contributed by atoms with Crippen molar-refractivity contribution in [2.24, 2.45) is 23.7 Å². The second kappa shape index (κ2) is 19.2. The molecular weight excluding hydrogens is 639 g/mol. The summed E-state index contributed by atoms with van der Waals surface area (Å²) >= 11 is 0. The normalized spacial score (nSPS) is 19.8. The first-order valence-corrected chi connectivity index (χ1v) is 22.7. The molecule has 2 fully saturated rings. The van der Waals surface area contributed by atoms with E-state index in [0.29, 0.717) is 44.1 Å². The lowest BCUT2D eigenvalue weighted by Crippen LogP contribution is -2.53. The summed E-state index contributed by atoms with van der Waals surface area (Å²) in [7, 11) is -2.28. The summed E-state index contributed by atoms with van der Waals surface area (Å²) < 4.78 is 14.1. The van der Waals surface area contributed by atoms with E-state index in [1.165, 1.54) is 24.8 Å². The zero-order valence-electron chi connectivity index (χ0n) is 32.3. The number of nitrogens with one attached hydrogen (secondary N) is 1. The van der Waals surface area contributed by atoms with Crippen LogP contribution in [-0.4, -0.2) is 54.9 Å². The molecule has 2 aliphatic rings. The largest absolute Gasteiger partial charge is 0.411 e. The Labute approximate surface area is 305 Å². The Balaban J connectivity index is 1.64. The van der Waals surface area contributed by atoms with Gasteiger partial charge in [0.05, 0.1) is 31.0 Å². The summed E-state index contributed by atoms with van der Waals surface area (Å²) in [6, 6.07) is 20.3. The highest BCUT2D eigenvalue weighted by Gasteiger charge is 2.43. The van der Waals surface area contributed by atoms with Crippen LogP contribution >= 0.6 is 0 Å². The van der Waals surface area contributed by atoms with Crippen LogP contribution in [0.1, 0.15) is 116 Å². The first-order valence-electron chi connectivity index (χ1n) is 19.8. The molecule has 6 nitrogen and oxygen atoms in total. The van der Waals surface area contributed by atoms with Crippen molar-refractivity contribution in [3.05, 3.63) is 71.8 Å². The molecule has 4 rings (SSSR count). The molecule has 280 valence electrons. The molecule has 0 spiro atoms. The average Bonchev–Trinajstić information content (AvgIpc) is 3.90. The van der Waals surface area contributed by atoms with Gasteiger partial charge in [0.1, 0.15) is 6.10 Å². The number of aliphatic hydroxyl groups is 2. The van der Waals surface area contributed by atoms with Gasteiger partial charge in [0.25, 0.3) is 0 Å². The van der Waals surface area contributed by atoms with Crippen molar-refractivity contribution in [1.29, 1.82) is 0 Å². The Hall–Kier alpha value is -2.03. The predicted octanol–water partition coefficient (Wildman–Crippen LogP) is 9.23. The maximum atomic E-state index is 14.6. The molecule has 0 aliphatic heterocycles. The van der Waals surface area contributed by atoms with Crippen molar-refractivity contribution < 1.29 is 24.2 Å². The number of hydrogen-bond donors (Lipinski definition) is 3. The molecule has 0 saturated heterocycles. The van der Waals surface area contributed by atoms with Gasteiger partial charge in [-0.2, -0.15) is 0 Å². The van der Waals surface area contributed by atoms with E-state index >= 15 is 0 Å². The van der Waals surface area contributed by atoms with Gasteiger partial charge >= 0.3 is 0 Å². The van der Waals surface area contributed by atoms with Gasteiger partial charge in [-0.25, -0.2) is 0 Å². The zero-order valence-corrected chi connectivity index (χ0v) is 33.3. The maximum Gasteiger partial charge on any atom is 0.223 e. The van der Waals surface area contributed by atoms with Crippen LogP contribution in [0.15, 0.2) is 60.7 Å². The third-order valence-corrected chi connectivity index (χ3v) is 16.1. The van der Waals surface area contributed by atoms with Crippen molar-refractivity contribution in [1.82, 2.24) is 5.32 Å². The van der Waals surface area contributed by atoms with Gasteiger partial charge in [-0.3, -0.25) is 4.79 Å². The van der Waals surface area contributed by atoms with E-state index in [1.807, 2.05) is 24.3 Å². The quantitative estimate of drug-likeness (QED) is 0.120. The Morgan fingerprint density at radius 2 is 1.40 bits per heavy atom. The van der Waals surface area contributed by atoms with Crippen LogP contribution in [0.4, 0.5) is 0 Å². The first kappa shape index (κ1) is 40.7. The van der Waals surface area contributed by atoms with Crippen molar-refractivity contribution >= 4 is 14.2 Å². The van der Waals surface area contributed by atoms with Gasteiger partial charge in [0.15, 0.2) is 8.32 Å². The number of carbonyl (C=O) groups is 1. The van der Waals surface area contributed by atoms with Crippen LogP contribution in [0.25, 0.3) is 0 Å². The minimum atomic E-state index is -2.28. The molecule has 1 amide bonds. The number of amides is 1. The summed E-state index contributed by atoms with van der Waals surface area (Å²) in [5, 5.41) is 26.0. The minimum Gasteiger partial charge on any atom is -0.411 e. The SMILES string of the molecule is CC(C)C[C@H](O)[C@H](O)[C@H](CC1CCCCC1)NC(=O)[C@H](CC1CC1)C[C@H](O[Si](C)(C)C(C)(C)C)[C@H](Cc1ccccc1)OCc1ccccc1. The van der Waals surface area contributed by atoms with Gasteiger partial charge in [0.2, 0.25) is 5.91 Å². The van der Waals surface area contributed by atoms with E-state index in [4.69, 9.17) is 9.16 Å². The molecule has 3 N–H and O–H groups in total. The molecule has 2 aliphatic carbocycles. The number of benzene rings is 2. The van der Waals surface area contributed by atoms with Crippen LogP contribution in [0, 0.1) is 23.7 Å². The van der Waals surface area contributed by atoms with Crippen LogP contribution in [0.2, 0.25) is 18.1 Å². The fourth-order valence-corrected chi connectivity index (χ4v) is 8.71. The molecule has 0 heterocycles. The smallest absolute Gasteiger partial charge is 0.223 e. The van der Waals surface area contributed by atoms with E-state index in [-0.39, 0.29) is 35.0 Å². The summed E-state index contributed by atoms with van der Waals surface area (Å²) in [5.41, 5.74) is 2.30. The summed E-state index contributed by atoms with van der Waals surface area (Å²) in [6.45, 7) is 16.0. The van der Waals surface area contributed by atoms with E-state index < -0.39 is 26.6 Å². The first-order chi connectivity index (χ1) is 23.7. The molecule has 0 bridgehead atoms. The molecule has 0 unspecified atom stereocenters. The van der Waals surface area contributed by atoms with Gasteiger partial charge in [-0.1, -0.05) is 140 Å². The number of aliphatic hydroxyl groups excluding tert-OH is 2. The number of carbonyl (C=O) groups excluding carboxylic acids is 1. The summed E-state index contributed by atoms with van der Waals surface area (Å²) in [6.07, 6.45) is 9.03. The van der Waals surface area contributed by atoms with E-state index in [9.17, 15) is 15.0 Å². The second-order valence-electron chi connectivity index (χ2n) is 17.6. The lowest BCUT2D eigenvalue weighted by molar-refractivity contribution is -0.130. The Bertz CT molecular complexity index is 1260. The fourth-order valence-electron chi connectivity index (χ4n) is 7.36. The second-order valence-corrected chi connectivity index (χ2v) is 22.4. The van der Waals surface area contributed by atoms with E-state index in [1.54, 1.807) is 0 Å². The third-order valence-electron chi connectivity index (χ3n) is 11.6. The predicted molar refractivity (Wildman–Crippen MR) is 207 cm³/mol. The van der Waals surface area contributed by atoms with Gasteiger partial charge in [-0.15, -0.1) is 0 Å². The molecule has 0 aromatic heterocycles. The van der Waals surface area contributed by atoms with Crippen LogP contribution in [0.3, 0.4) is 0 Å². The monoisotopic (exact) mass is 707 g/mol. The highest BCUT2D eigenvalue weighted by molar-refractivity contribution is 6.74. The van der Waals surface area contributed by atoms with Crippen LogP contribution < -0.4 is 5.32 Å². The van der Waals surface area contributed by atoms with Crippen LogP contribution in [0.5, 0.6) is 0 Å². The Kier molecular flexibility index (Phi) is 15.6. The molecule has 2 saturated carbocycles. The Morgan fingerprint density at radius 3 is 1.96 bits per heavy atom. The number of rotatable bonds is 20. The topological polar surface area (TPSA) is 88.0 Å². The fraction of sp³-hybridized carbons (Fsp3) is 0.698. The summed E-state index contributed by atoms with van der Waals surface area (Å²) in [4.78, 5) is 14.6.